The van der Waals surface area contributed by atoms with Gasteiger partial charge >= 0.3 is 0 Å². The first kappa shape index (κ1) is 18.9. The molecule has 1 aliphatic heterocycles. The van der Waals surface area contributed by atoms with E-state index < -0.39 is 0 Å². The average molecular weight is 344 g/mol. The highest BCUT2D eigenvalue weighted by Crippen LogP contribution is 2.29. The first-order chi connectivity index (χ1) is 11.3. The quantitative estimate of drug-likeness (QED) is 0.403. The Bertz CT molecular complexity index is 349. The van der Waals surface area contributed by atoms with E-state index in [1.165, 1.54) is 25.0 Å². The third kappa shape index (κ3) is 7.31. The number of hydrogen-bond donors (Lipinski definition) is 2. The molecule has 2 N–H and O–H groups in total. The second kappa shape index (κ2) is 11.2. The van der Waals surface area contributed by atoms with Crippen LogP contribution in [0.4, 0.5) is 0 Å². The van der Waals surface area contributed by atoms with Gasteiger partial charge in [-0.05, 0) is 44.3 Å². The smallest absolute Gasteiger partial charge is 0.191 e. The summed E-state index contributed by atoms with van der Waals surface area (Å²) in [7, 11) is 1.85. The third-order valence-corrected chi connectivity index (χ3v) is 5.72. The number of ether oxygens (including phenoxy) is 2. The van der Waals surface area contributed by atoms with Crippen LogP contribution in [0.3, 0.4) is 0 Å². The zero-order chi connectivity index (χ0) is 16.3. The van der Waals surface area contributed by atoms with Gasteiger partial charge in [-0.3, -0.25) is 4.99 Å². The number of rotatable bonds is 8. The van der Waals surface area contributed by atoms with Crippen LogP contribution in [0, 0.1) is 0 Å². The van der Waals surface area contributed by atoms with Crippen molar-refractivity contribution in [3.05, 3.63) is 0 Å². The molecule has 1 saturated heterocycles. The number of nitrogens with zero attached hydrogens (tertiary/aromatic N) is 1. The number of thioether (sulfide) groups is 1. The molecule has 0 radical (unpaired) electrons. The summed E-state index contributed by atoms with van der Waals surface area (Å²) in [4.78, 5) is 4.34. The number of nitrogens with one attached hydrogen (secondary N) is 2. The van der Waals surface area contributed by atoms with Crippen LogP contribution in [0.2, 0.25) is 0 Å². The Morgan fingerprint density at radius 3 is 2.83 bits per heavy atom. The lowest BCUT2D eigenvalue weighted by Crippen LogP contribution is -2.43. The summed E-state index contributed by atoms with van der Waals surface area (Å²) in [6, 6.07) is 0.573. The van der Waals surface area contributed by atoms with Gasteiger partial charge in [0.15, 0.2) is 5.96 Å². The standard InChI is InChI=1S/C17H33N3O2S/c1-3-23-16-6-5-14(13-16)20-17(18-2)19-9-4-10-22-15-7-11-21-12-8-15/h14-16H,3-13H2,1-2H3,(H2,18,19,20). The minimum absolute atomic E-state index is 0.396. The summed E-state index contributed by atoms with van der Waals surface area (Å²) in [5, 5.41) is 7.79. The second-order valence-electron chi connectivity index (χ2n) is 6.27. The Labute approximate surface area is 145 Å². The van der Waals surface area contributed by atoms with Crippen molar-refractivity contribution in [3.8, 4) is 0 Å². The minimum Gasteiger partial charge on any atom is -0.381 e. The highest BCUT2D eigenvalue weighted by atomic mass is 32.2. The lowest BCUT2D eigenvalue weighted by Gasteiger charge is -2.22. The van der Waals surface area contributed by atoms with E-state index >= 15 is 0 Å². The predicted molar refractivity (Wildman–Crippen MR) is 98.5 cm³/mol. The summed E-state index contributed by atoms with van der Waals surface area (Å²) in [6.45, 7) is 5.65. The van der Waals surface area contributed by atoms with Crippen molar-refractivity contribution >= 4 is 17.7 Å². The molecule has 2 unspecified atom stereocenters. The van der Waals surface area contributed by atoms with Crippen LogP contribution in [0.15, 0.2) is 4.99 Å². The molecule has 5 nitrogen and oxygen atoms in total. The van der Waals surface area contributed by atoms with E-state index in [9.17, 15) is 0 Å². The van der Waals surface area contributed by atoms with Gasteiger partial charge in [0.25, 0.3) is 0 Å². The fraction of sp³-hybridized carbons (Fsp3) is 0.941. The predicted octanol–water partition coefficient (Wildman–Crippen LogP) is 2.41. The maximum absolute atomic E-state index is 5.89. The molecule has 0 amide bonds. The van der Waals surface area contributed by atoms with Crippen LogP contribution in [-0.2, 0) is 9.47 Å². The third-order valence-electron chi connectivity index (χ3n) is 4.49. The molecule has 23 heavy (non-hydrogen) atoms. The summed E-state index contributed by atoms with van der Waals surface area (Å²) >= 11 is 2.09. The van der Waals surface area contributed by atoms with Crippen molar-refractivity contribution < 1.29 is 9.47 Å². The molecule has 0 aromatic carbocycles. The molecule has 2 aliphatic rings. The van der Waals surface area contributed by atoms with Gasteiger partial charge in [0.05, 0.1) is 6.10 Å². The zero-order valence-corrected chi connectivity index (χ0v) is 15.5. The van der Waals surface area contributed by atoms with Crippen molar-refractivity contribution in [1.29, 1.82) is 0 Å². The van der Waals surface area contributed by atoms with Gasteiger partial charge in [-0.25, -0.2) is 0 Å². The highest BCUT2D eigenvalue weighted by Gasteiger charge is 2.25. The first-order valence-electron chi connectivity index (χ1n) is 9.10. The van der Waals surface area contributed by atoms with Crippen molar-refractivity contribution in [2.45, 2.75) is 62.8 Å². The molecule has 2 atom stereocenters. The summed E-state index contributed by atoms with van der Waals surface area (Å²) in [5.74, 6) is 2.15. The van der Waals surface area contributed by atoms with E-state index in [1.54, 1.807) is 0 Å². The molecule has 2 rings (SSSR count). The maximum atomic E-state index is 5.89. The summed E-state index contributed by atoms with van der Waals surface area (Å²) in [5.41, 5.74) is 0. The molecule has 1 aliphatic carbocycles. The van der Waals surface area contributed by atoms with E-state index in [2.05, 4.69) is 34.3 Å². The fourth-order valence-corrected chi connectivity index (χ4v) is 4.36. The van der Waals surface area contributed by atoms with Gasteiger partial charge in [-0.1, -0.05) is 6.92 Å². The first-order valence-corrected chi connectivity index (χ1v) is 10.1. The topological polar surface area (TPSA) is 54.9 Å². The normalized spacial score (nSPS) is 26.4. The van der Waals surface area contributed by atoms with E-state index in [-0.39, 0.29) is 0 Å². The van der Waals surface area contributed by atoms with Crippen LogP contribution in [-0.4, -0.2) is 62.5 Å². The van der Waals surface area contributed by atoms with Gasteiger partial charge in [-0.2, -0.15) is 11.8 Å². The Morgan fingerprint density at radius 2 is 2.09 bits per heavy atom. The second-order valence-corrected chi connectivity index (χ2v) is 7.84. The van der Waals surface area contributed by atoms with E-state index in [4.69, 9.17) is 9.47 Å². The van der Waals surface area contributed by atoms with Crippen LogP contribution in [0.5, 0.6) is 0 Å². The van der Waals surface area contributed by atoms with Crippen LogP contribution >= 0.6 is 11.8 Å². The fourth-order valence-electron chi connectivity index (χ4n) is 3.22. The highest BCUT2D eigenvalue weighted by molar-refractivity contribution is 7.99. The van der Waals surface area contributed by atoms with Crippen molar-refractivity contribution in [1.82, 2.24) is 10.6 Å². The zero-order valence-electron chi connectivity index (χ0n) is 14.7. The Balaban J connectivity index is 1.53. The molecule has 134 valence electrons. The summed E-state index contributed by atoms with van der Waals surface area (Å²) < 4.78 is 11.2. The molecular formula is C17H33N3O2S. The molecule has 1 heterocycles. The van der Waals surface area contributed by atoms with Crippen LogP contribution in [0.25, 0.3) is 0 Å². The van der Waals surface area contributed by atoms with Crippen molar-refractivity contribution in [2.75, 3.05) is 39.2 Å². The van der Waals surface area contributed by atoms with Gasteiger partial charge < -0.3 is 20.1 Å². The Morgan fingerprint density at radius 1 is 1.26 bits per heavy atom. The molecule has 0 spiro atoms. The van der Waals surface area contributed by atoms with Crippen molar-refractivity contribution in [3.63, 3.8) is 0 Å². The minimum atomic E-state index is 0.396. The Kier molecular flexibility index (Phi) is 9.15. The molecule has 0 aromatic rings. The SMILES string of the molecule is CCSC1CCC(NC(=NC)NCCCOC2CCOCC2)C1. The van der Waals surface area contributed by atoms with Gasteiger partial charge in [0, 0.05) is 44.7 Å². The number of hydrogen-bond acceptors (Lipinski definition) is 4. The molecule has 0 bridgehead atoms. The lowest BCUT2D eigenvalue weighted by molar-refractivity contribution is -0.0320. The number of aliphatic imine (C=N–C) groups is 1. The number of guanidine groups is 1. The van der Waals surface area contributed by atoms with Gasteiger partial charge in [-0.15, -0.1) is 0 Å². The van der Waals surface area contributed by atoms with Crippen molar-refractivity contribution in [2.24, 2.45) is 4.99 Å². The Hall–Kier alpha value is -0.460. The largest absolute Gasteiger partial charge is 0.381 e. The molecule has 2 fully saturated rings. The van der Waals surface area contributed by atoms with Crippen LogP contribution < -0.4 is 10.6 Å². The van der Waals surface area contributed by atoms with E-state index in [0.717, 1.165) is 56.8 Å². The molecular weight excluding hydrogens is 310 g/mol. The monoisotopic (exact) mass is 343 g/mol. The summed E-state index contributed by atoms with van der Waals surface area (Å²) in [6.07, 6.45) is 7.32. The average Bonchev–Trinajstić information content (AvgIpc) is 3.02. The molecule has 6 heteroatoms. The van der Waals surface area contributed by atoms with Crippen LogP contribution in [0.1, 0.15) is 45.4 Å². The lowest BCUT2D eigenvalue weighted by atomic mass is 10.1. The molecule has 0 aromatic heterocycles. The maximum Gasteiger partial charge on any atom is 0.191 e. The van der Waals surface area contributed by atoms with Gasteiger partial charge in [0.1, 0.15) is 0 Å². The van der Waals surface area contributed by atoms with E-state index in [0.29, 0.717) is 12.1 Å². The van der Waals surface area contributed by atoms with E-state index in [1.807, 2.05) is 7.05 Å². The van der Waals surface area contributed by atoms with Gasteiger partial charge in [0.2, 0.25) is 0 Å². The molecule has 1 saturated carbocycles.